The standard InChI is InChI=1S/C35H47N3O3/c1-24(2)21-37-23-31(20-36-37)29-6-5-7-32(19-29)38(35(40)28-12-15-33(39)16-13-28)22-26-8-10-27(11-9-26)30-14-17-34(41-4)25(3)18-30/h5-7,14,17-20,23-24,26-28,33,39H,8-13,15-16,21-22H2,1-4H3. The SMILES string of the molecule is COc1ccc(C2CCC(CN(C(=O)C3CCC(O)CC3)c3cccc(-c4cnn(CC(C)C)c4)c3)CC2)cc1C. The number of anilines is 1. The molecule has 41 heavy (non-hydrogen) atoms. The van der Waals surface area contributed by atoms with Gasteiger partial charge in [0, 0.05) is 36.5 Å². The number of aliphatic hydroxyl groups is 1. The van der Waals surface area contributed by atoms with Crippen molar-refractivity contribution >= 4 is 11.6 Å². The number of methoxy groups -OCH3 is 1. The van der Waals surface area contributed by atoms with Crippen LogP contribution >= 0.6 is 0 Å². The van der Waals surface area contributed by atoms with Crippen molar-refractivity contribution in [3.05, 3.63) is 66.0 Å². The van der Waals surface area contributed by atoms with Crippen LogP contribution < -0.4 is 9.64 Å². The number of hydrogen-bond acceptors (Lipinski definition) is 4. The molecule has 3 aromatic rings. The minimum Gasteiger partial charge on any atom is -0.496 e. The average Bonchev–Trinajstić information content (AvgIpc) is 3.44. The van der Waals surface area contributed by atoms with E-state index in [2.05, 4.69) is 79.4 Å². The fourth-order valence-electron chi connectivity index (χ4n) is 6.80. The summed E-state index contributed by atoms with van der Waals surface area (Å²) in [5.74, 6) is 2.71. The van der Waals surface area contributed by atoms with Crippen molar-refractivity contribution in [1.82, 2.24) is 9.78 Å². The number of carbonyl (C=O) groups excluding carboxylic acids is 1. The summed E-state index contributed by atoms with van der Waals surface area (Å²) in [6.07, 6.45) is 11.2. The quantitative estimate of drug-likeness (QED) is 0.298. The van der Waals surface area contributed by atoms with E-state index in [1.54, 1.807) is 7.11 Å². The maximum Gasteiger partial charge on any atom is 0.230 e. The predicted molar refractivity (Wildman–Crippen MR) is 165 cm³/mol. The lowest BCUT2D eigenvalue weighted by atomic mass is 9.78. The molecule has 2 aromatic carbocycles. The Hall–Kier alpha value is -3.12. The third kappa shape index (κ3) is 7.21. The number of aryl methyl sites for hydroxylation is 1. The van der Waals surface area contributed by atoms with Gasteiger partial charge in [0.1, 0.15) is 5.75 Å². The highest BCUT2D eigenvalue weighted by Crippen LogP contribution is 2.39. The zero-order valence-electron chi connectivity index (χ0n) is 25.3. The number of rotatable bonds is 9. The van der Waals surface area contributed by atoms with Gasteiger partial charge in [-0.2, -0.15) is 5.10 Å². The smallest absolute Gasteiger partial charge is 0.230 e. The molecule has 0 atom stereocenters. The van der Waals surface area contributed by atoms with E-state index in [0.717, 1.165) is 74.2 Å². The van der Waals surface area contributed by atoms with Gasteiger partial charge in [-0.1, -0.05) is 38.1 Å². The van der Waals surface area contributed by atoms with Gasteiger partial charge in [0.25, 0.3) is 0 Å². The van der Waals surface area contributed by atoms with Gasteiger partial charge in [-0.15, -0.1) is 0 Å². The van der Waals surface area contributed by atoms with Crippen molar-refractivity contribution < 1.29 is 14.6 Å². The molecule has 2 saturated carbocycles. The van der Waals surface area contributed by atoms with Crippen LogP contribution in [0.2, 0.25) is 0 Å². The van der Waals surface area contributed by atoms with E-state index in [1.165, 1.54) is 11.1 Å². The van der Waals surface area contributed by atoms with Crippen molar-refractivity contribution in [2.45, 2.75) is 90.7 Å². The maximum absolute atomic E-state index is 14.1. The van der Waals surface area contributed by atoms with E-state index in [0.29, 0.717) is 30.6 Å². The number of aromatic nitrogens is 2. The van der Waals surface area contributed by atoms with Crippen molar-refractivity contribution in [3.63, 3.8) is 0 Å². The van der Waals surface area contributed by atoms with Gasteiger partial charge in [-0.05, 0) is 111 Å². The highest BCUT2D eigenvalue weighted by Gasteiger charge is 2.32. The van der Waals surface area contributed by atoms with E-state index in [4.69, 9.17) is 4.74 Å². The highest BCUT2D eigenvalue weighted by molar-refractivity contribution is 5.95. The van der Waals surface area contributed by atoms with Crippen LogP contribution in [0.1, 0.15) is 82.3 Å². The number of hydrogen-bond donors (Lipinski definition) is 1. The molecule has 0 unspecified atom stereocenters. The summed E-state index contributed by atoms with van der Waals surface area (Å²) >= 11 is 0. The average molecular weight is 558 g/mol. The fourth-order valence-corrected chi connectivity index (χ4v) is 6.80. The summed E-state index contributed by atoms with van der Waals surface area (Å²) in [4.78, 5) is 16.1. The lowest BCUT2D eigenvalue weighted by Gasteiger charge is -2.36. The van der Waals surface area contributed by atoms with Crippen LogP contribution in [-0.4, -0.2) is 40.6 Å². The summed E-state index contributed by atoms with van der Waals surface area (Å²) in [5.41, 5.74) is 5.74. The van der Waals surface area contributed by atoms with Crippen LogP contribution in [0.15, 0.2) is 54.9 Å². The molecule has 0 aliphatic heterocycles. The molecule has 6 heteroatoms. The number of ether oxygens (including phenoxy) is 1. The summed E-state index contributed by atoms with van der Waals surface area (Å²) < 4.78 is 7.47. The van der Waals surface area contributed by atoms with E-state index < -0.39 is 0 Å². The van der Waals surface area contributed by atoms with Crippen molar-refractivity contribution in [1.29, 1.82) is 0 Å². The number of amides is 1. The summed E-state index contributed by atoms with van der Waals surface area (Å²) in [6.45, 7) is 8.15. The largest absolute Gasteiger partial charge is 0.496 e. The summed E-state index contributed by atoms with van der Waals surface area (Å²) in [7, 11) is 1.73. The van der Waals surface area contributed by atoms with Crippen LogP contribution in [0, 0.1) is 24.7 Å². The van der Waals surface area contributed by atoms with Gasteiger partial charge in [0.2, 0.25) is 5.91 Å². The Bertz CT molecular complexity index is 1300. The number of aliphatic hydroxyl groups excluding tert-OH is 1. The van der Waals surface area contributed by atoms with Gasteiger partial charge in [0.15, 0.2) is 0 Å². The molecule has 6 nitrogen and oxygen atoms in total. The predicted octanol–water partition coefficient (Wildman–Crippen LogP) is 7.38. The number of nitrogens with zero attached hydrogens (tertiary/aromatic N) is 3. The topological polar surface area (TPSA) is 67.6 Å². The lowest BCUT2D eigenvalue weighted by molar-refractivity contribution is -0.124. The molecule has 2 aliphatic carbocycles. The molecule has 0 spiro atoms. The third-order valence-electron chi connectivity index (χ3n) is 9.17. The summed E-state index contributed by atoms with van der Waals surface area (Å²) in [5, 5.41) is 14.6. The molecule has 5 rings (SSSR count). The second-order valence-electron chi connectivity index (χ2n) is 12.8. The van der Waals surface area contributed by atoms with E-state index in [-0.39, 0.29) is 17.9 Å². The molecule has 2 aliphatic rings. The summed E-state index contributed by atoms with van der Waals surface area (Å²) in [6, 6.07) is 15.0. The van der Waals surface area contributed by atoms with Crippen molar-refractivity contribution in [3.8, 4) is 16.9 Å². The Labute approximate surface area is 245 Å². The first-order chi connectivity index (χ1) is 19.8. The van der Waals surface area contributed by atoms with Gasteiger partial charge < -0.3 is 14.7 Å². The van der Waals surface area contributed by atoms with Crippen LogP contribution in [0.3, 0.4) is 0 Å². The minimum absolute atomic E-state index is 0.0190. The monoisotopic (exact) mass is 557 g/mol. The highest BCUT2D eigenvalue weighted by atomic mass is 16.5. The van der Waals surface area contributed by atoms with E-state index >= 15 is 0 Å². The molecule has 1 heterocycles. The van der Waals surface area contributed by atoms with Crippen molar-refractivity contribution in [2.75, 3.05) is 18.6 Å². The fraction of sp³-hybridized carbons (Fsp3) is 0.543. The maximum atomic E-state index is 14.1. The first-order valence-electron chi connectivity index (χ1n) is 15.6. The molecule has 1 amide bonds. The number of carbonyl (C=O) groups is 1. The Morgan fingerprint density at radius 3 is 2.46 bits per heavy atom. The molecular formula is C35H47N3O3. The molecule has 0 radical (unpaired) electrons. The minimum atomic E-state index is -0.268. The van der Waals surface area contributed by atoms with Crippen LogP contribution in [0.5, 0.6) is 5.75 Å². The van der Waals surface area contributed by atoms with Crippen LogP contribution in [0.4, 0.5) is 5.69 Å². The normalized spacial score (nSPS) is 23.0. The van der Waals surface area contributed by atoms with Gasteiger partial charge in [-0.25, -0.2) is 0 Å². The molecule has 1 N–H and O–H groups in total. The molecular weight excluding hydrogens is 510 g/mol. The Balaban J connectivity index is 1.33. The Morgan fingerprint density at radius 1 is 1.02 bits per heavy atom. The van der Waals surface area contributed by atoms with Gasteiger partial charge >= 0.3 is 0 Å². The lowest BCUT2D eigenvalue weighted by Crippen LogP contribution is -2.41. The van der Waals surface area contributed by atoms with Crippen LogP contribution in [-0.2, 0) is 11.3 Å². The van der Waals surface area contributed by atoms with E-state index in [1.807, 2.05) is 10.9 Å². The second-order valence-corrected chi connectivity index (χ2v) is 12.8. The van der Waals surface area contributed by atoms with Gasteiger partial charge in [-0.3, -0.25) is 9.48 Å². The Morgan fingerprint density at radius 2 is 1.78 bits per heavy atom. The van der Waals surface area contributed by atoms with Crippen molar-refractivity contribution in [2.24, 2.45) is 17.8 Å². The molecule has 1 aromatic heterocycles. The van der Waals surface area contributed by atoms with Crippen LogP contribution in [0.25, 0.3) is 11.1 Å². The molecule has 0 saturated heterocycles. The zero-order valence-corrected chi connectivity index (χ0v) is 25.3. The second kappa shape index (κ2) is 13.2. The number of benzene rings is 2. The molecule has 220 valence electrons. The Kier molecular flexibility index (Phi) is 9.49. The first kappa shape index (κ1) is 29.4. The van der Waals surface area contributed by atoms with Gasteiger partial charge in [0.05, 0.1) is 19.4 Å². The molecule has 2 fully saturated rings. The molecule has 0 bridgehead atoms. The zero-order chi connectivity index (χ0) is 28.9. The first-order valence-corrected chi connectivity index (χ1v) is 15.6. The van der Waals surface area contributed by atoms with E-state index in [9.17, 15) is 9.90 Å². The third-order valence-corrected chi connectivity index (χ3v) is 9.17.